The van der Waals surface area contributed by atoms with E-state index in [2.05, 4.69) is 210 Å². The topological polar surface area (TPSA) is 27.7 Å². The Balaban J connectivity index is 1.28. The molecule has 0 radical (unpaired) electrons. The van der Waals surface area contributed by atoms with E-state index >= 15 is 0 Å². The third-order valence-corrected chi connectivity index (χ3v) is 12.2. The molecule has 0 saturated carbocycles. The maximum Gasteiger partial charge on any atom is 0.145 e. The molecule has 11 aromatic rings. The molecule has 0 amide bonds. The van der Waals surface area contributed by atoms with Crippen molar-refractivity contribution in [3.63, 3.8) is 0 Å². The molecular formula is C52H36N4. The summed E-state index contributed by atoms with van der Waals surface area (Å²) in [5.74, 6) is 0.928. The van der Waals surface area contributed by atoms with Gasteiger partial charge < -0.3 is 9.13 Å². The molecule has 0 bridgehead atoms. The monoisotopic (exact) mass is 716 g/mol. The number of imidazole rings is 1. The van der Waals surface area contributed by atoms with Gasteiger partial charge in [0, 0.05) is 55.1 Å². The van der Waals surface area contributed by atoms with Gasteiger partial charge >= 0.3 is 0 Å². The molecule has 4 heteroatoms. The molecule has 264 valence electrons. The highest BCUT2D eigenvalue weighted by Crippen LogP contribution is 2.58. The maximum atomic E-state index is 5.40. The largest absolute Gasteiger partial charge is 0.309 e. The molecule has 0 N–H and O–H groups in total. The van der Waals surface area contributed by atoms with Crippen LogP contribution in [0.1, 0.15) is 25.0 Å². The van der Waals surface area contributed by atoms with Crippen molar-refractivity contribution in [3.8, 4) is 39.6 Å². The Morgan fingerprint density at radius 3 is 1.70 bits per heavy atom. The first-order valence-corrected chi connectivity index (χ1v) is 19.4. The van der Waals surface area contributed by atoms with Crippen molar-refractivity contribution in [2.45, 2.75) is 19.3 Å². The lowest BCUT2D eigenvalue weighted by molar-refractivity contribution is 0.667. The van der Waals surface area contributed by atoms with Crippen LogP contribution < -0.4 is 0 Å². The van der Waals surface area contributed by atoms with E-state index < -0.39 is 0 Å². The molecule has 0 aliphatic heterocycles. The Bertz CT molecular complexity index is 3360. The minimum atomic E-state index is -0.242. The van der Waals surface area contributed by atoms with Crippen LogP contribution in [0.25, 0.3) is 94.2 Å². The molecule has 3 heterocycles. The number of para-hydroxylation sites is 4. The van der Waals surface area contributed by atoms with Crippen molar-refractivity contribution < 1.29 is 0 Å². The SMILES string of the molecule is CC1(C)c2ccccc2-c2c1c1c3ccccc3n(-c3ccc4c(c3)nc(-c3ccccc3)n4-c3ccccc3)c1c1c3ccccc3n(-c3ccccc3)c21. The first-order valence-electron chi connectivity index (χ1n) is 19.4. The number of aromatic nitrogens is 4. The Morgan fingerprint density at radius 2 is 1.00 bits per heavy atom. The van der Waals surface area contributed by atoms with E-state index in [0.717, 1.165) is 39.5 Å². The van der Waals surface area contributed by atoms with Gasteiger partial charge in [0.25, 0.3) is 0 Å². The summed E-state index contributed by atoms with van der Waals surface area (Å²) in [5, 5.41) is 5.09. The number of fused-ring (bicyclic) bond motifs is 13. The molecule has 0 unspecified atom stereocenters. The lowest BCUT2D eigenvalue weighted by atomic mass is 9.80. The minimum absolute atomic E-state index is 0.242. The summed E-state index contributed by atoms with van der Waals surface area (Å²) >= 11 is 0. The molecule has 1 aliphatic rings. The smallest absolute Gasteiger partial charge is 0.145 e. The molecule has 4 nitrogen and oxygen atoms in total. The molecule has 0 spiro atoms. The van der Waals surface area contributed by atoms with Gasteiger partial charge in [-0.1, -0.05) is 141 Å². The van der Waals surface area contributed by atoms with Crippen LogP contribution in [0.15, 0.2) is 182 Å². The van der Waals surface area contributed by atoms with Gasteiger partial charge in [0.15, 0.2) is 0 Å². The van der Waals surface area contributed by atoms with Crippen LogP contribution >= 0.6 is 0 Å². The number of hydrogen-bond donors (Lipinski definition) is 0. The lowest BCUT2D eigenvalue weighted by Crippen LogP contribution is -2.15. The van der Waals surface area contributed by atoms with Gasteiger partial charge in [0.05, 0.1) is 33.1 Å². The summed E-state index contributed by atoms with van der Waals surface area (Å²) in [6.07, 6.45) is 0. The average molecular weight is 717 g/mol. The van der Waals surface area contributed by atoms with Gasteiger partial charge in [0.2, 0.25) is 0 Å². The highest BCUT2D eigenvalue weighted by molar-refractivity contribution is 6.31. The van der Waals surface area contributed by atoms with Crippen LogP contribution in [-0.2, 0) is 5.41 Å². The summed E-state index contributed by atoms with van der Waals surface area (Å²) in [5.41, 5.74) is 16.5. The Hall–Kier alpha value is -7.17. The highest BCUT2D eigenvalue weighted by atomic mass is 15.1. The molecule has 8 aromatic carbocycles. The molecule has 0 fully saturated rings. The Kier molecular flexibility index (Phi) is 6.37. The van der Waals surface area contributed by atoms with Gasteiger partial charge in [-0.15, -0.1) is 0 Å². The number of nitrogens with zero attached hydrogens (tertiary/aromatic N) is 4. The molecule has 0 saturated heterocycles. The van der Waals surface area contributed by atoms with Crippen LogP contribution in [0.4, 0.5) is 0 Å². The van der Waals surface area contributed by atoms with Crippen LogP contribution in [0, 0.1) is 0 Å². The van der Waals surface area contributed by atoms with Crippen molar-refractivity contribution in [1.29, 1.82) is 0 Å². The van der Waals surface area contributed by atoms with Crippen LogP contribution in [0.2, 0.25) is 0 Å². The van der Waals surface area contributed by atoms with E-state index in [1.165, 1.54) is 65.9 Å². The Labute approximate surface area is 324 Å². The molecule has 0 atom stereocenters. The quantitative estimate of drug-likeness (QED) is 0.178. The van der Waals surface area contributed by atoms with Crippen molar-refractivity contribution in [2.24, 2.45) is 0 Å². The summed E-state index contributed by atoms with van der Waals surface area (Å²) in [6, 6.07) is 65.9. The van der Waals surface area contributed by atoms with Gasteiger partial charge in [0.1, 0.15) is 5.82 Å². The first-order chi connectivity index (χ1) is 27.6. The second kappa shape index (κ2) is 11.4. The minimum Gasteiger partial charge on any atom is -0.309 e. The fourth-order valence-electron chi connectivity index (χ4n) is 9.90. The molecular weight excluding hydrogens is 681 g/mol. The maximum absolute atomic E-state index is 5.40. The predicted octanol–water partition coefficient (Wildman–Crippen LogP) is 13.2. The zero-order chi connectivity index (χ0) is 37.1. The second-order valence-electron chi connectivity index (χ2n) is 15.6. The highest BCUT2D eigenvalue weighted by Gasteiger charge is 2.41. The van der Waals surface area contributed by atoms with Crippen LogP contribution in [0.5, 0.6) is 0 Å². The molecule has 56 heavy (non-hydrogen) atoms. The molecule has 1 aliphatic carbocycles. The van der Waals surface area contributed by atoms with Crippen molar-refractivity contribution in [2.75, 3.05) is 0 Å². The summed E-state index contributed by atoms with van der Waals surface area (Å²) in [4.78, 5) is 5.40. The van der Waals surface area contributed by atoms with E-state index in [1.807, 2.05) is 0 Å². The first kappa shape index (κ1) is 31.2. The lowest BCUT2D eigenvalue weighted by Gasteiger charge is -2.23. The zero-order valence-corrected chi connectivity index (χ0v) is 31.1. The second-order valence-corrected chi connectivity index (χ2v) is 15.6. The van der Waals surface area contributed by atoms with Crippen molar-refractivity contribution >= 4 is 54.6 Å². The zero-order valence-electron chi connectivity index (χ0n) is 31.1. The normalized spacial score (nSPS) is 13.3. The van der Waals surface area contributed by atoms with E-state index in [0.29, 0.717) is 0 Å². The fourth-order valence-corrected chi connectivity index (χ4v) is 9.90. The summed E-state index contributed by atoms with van der Waals surface area (Å²) in [6.45, 7) is 4.83. The van der Waals surface area contributed by atoms with E-state index in [9.17, 15) is 0 Å². The third-order valence-electron chi connectivity index (χ3n) is 12.2. The van der Waals surface area contributed by atoms with Crippen LogP contribution in [-0.4, -0.2) is 18.7 Å². The molecule has 12 rings (SSSR count). The number of rotatable bonds is 4. The molecule has 3 aromatic heterocycles. The number of benzene rings is 8. The predicted molar refractivity (Wildman–Crippen MR) is 233 cm³/mol. The van der Waals surface area contributed by atoms with E-state index in [1.54, 1.807) is 0 Å². The van der Waals surface area contributed by atoms with Gasteiger partial charge in [-0.2, -0.15) is 0 Å². The number of hydrogen-bond acceptors (Lipinski definition) is 1. The summed E-state index contributed by atoms with van der Waals surface area (Å²) < 4.78 is 7.33. The standard InChI is InChI=1S/C52H36N4/c1-52(2)40-27-15-12-24-37(40)45-48(52)46-38-25-13-16-28-42(38)55(50(46)47-39-26-14-17-29-43(39)54(49(45)47)34-20-8-4-9-21-34)36-30-31-44-41(32-36)53-51(33-18-6-3-7-19-33)56(44)35-22-10-5-11-23-35/h3-32H,1-2H3. The third kappa shape index (κ3) is 4.10. The van der Waals surface area contributed by atoms with Crippen molar-refractivity contribution in [3.05, 3.63) is 193 Å². The van der Waals surface area contributed by atoms with Gasteiger partial charge in [-0.3, -0.25) is 4.57 Å². The van der Waals surface area contributed by atoms with Crippen LogP contribution in [0.3, 0.4) is 0 Å². The average Bonchev–Trinajstić information content (AvgIpc) is 3.97. The Morgan fingerprint density at radius 1 is 0.446 bits per heavy atom. The van der Waals surface area contributed by atoms with Gasteiger partial charge in [-0.25, -0.2) is 4.98 Å². The summed E-state index contributed by atoms with van der Waals surface area (Å²) in [7, 11) is 0. The fraction of sp³-hybridized carbons (Fsp3) is 0.0577. The van der Waals surface area contributed by atoms with Crippen molar-refractivity contribution in [1.82, 2.24) is 18.7 Å². The van der Waals surface area contributed by atoms with E-state index in [-0.39, 0.29) is 5.41 Å². The van der Waals surface area contributed by atoms with E-state index in [4.69, 9.17) is 4.98 Å². The van der Waals surface area contributed by atoms with Gasteiger partial charge in [-0.05, 0) is 71.3 Å².